The summed E-state index contributed by atoms with van der Waals surface area (Å²) in [6.45, 7) is 24.2. The number of nitrogens with one attached hydrogen (secondary N) is 1. The molecule has 0 saturated heterocycles. The van der Waals surface area contributed by atoms with E-state index >= 15 is 0 Å². The molecule has 3 N–H and O–H groups in total. The predicted molar refractivity (Wildman–Crippen MR) is 133 cm³/mol. The van der Waals surface area contributed by atoms with Gasteiger partial charge in [0.25, 0.3) is 5.70 Å². The lowest BCUT2D eigenvalue weighted by Gasteiger charge is -2.38. The van der Waals surface area contributed by atoms with Crippen molar-refractivity contribution in [1.29, 1.82) is 0 Å². The first kappa shape index (κ1) is 29.6. The number of nitro groups is 1. The van der Waals surface area contributed by atoms with E-state index in [1.165, 1.54) is 10.2 Å². The molecule has 0 aliphatic rings. The van der Waals surface area contributed by atoms with Crippen LogP contribution in [0, 0.1) is 26.4 Å². The summed E-state index contributed by atoms with van der Waals surface area (Å²) < 4.78 is 3.16. The minimum absolute atomic E-state index is 0.157. The molecular weight excluding hydrogens is 458 g/mol. The van der Waals surface area contributed by atoms with E-state index in [4.69, 9.17) is 5.84 Å². The zero-order valence-corrected chi connectivity index (χ0v) is 23.4. The molecule has 8 heteroatoms. The third-order valence-electron chi connectivity index (χ3n) is 5.93. The molecule has 0 aliphatic carbocycles. The van der Waals surface area contributed by atoms with Gasteiger partial charge in [0, 0.05) is 12.5 Å². The molecule has 0 aromatic carbocycles. The molecular formula is C23H44BrN5O2. The summed E-state index contributed by atoms with van der Waals surface area (Å²) >= 11 is 3.62. The van der Waals surface area contributed by atoms with Crippen molar-refractivity contribution in [2.75, 3.05) is 0 Å². The first-order chi connectivity index (χ1) is 13.7. The number of nitrogens with two attached hydrogens (primary N) is 1. The van der Waals surface area contributed by atoms with Crippen molar-refractivity contribution in [3.63, 3.8) is 0 Å². The summed E-state index contributed by atoms with van der Waals surface area (Å²) in [5, 5.41) is 16.0. The molecule has 0 radical (unpaired) electrons. The molecule has 0 saturated carbocycles. The monoisotopic (exact) mass is 501 g/mol. The van der Waals surface area contributed by atoms with Crippen LogP contribution in [0.4, 0.5) is 0 Å². The van der Waals surface area contributed by atoms with Crippen molar-refractivity contribution in [3.8, 4) is 0 Å². The highest BCUT2D eigenvalue weighted by molar-refractivity contribution is 9.10. The average Bonchev–Trinajstić information content (AvgIpc) is 2.85. The maximum absolute atomic E-state index is 11.5. The summed E-state index contributed by atoms with van der Waals surface area (Å²) in [4.78, 5) is 11.2. The average molecular weight is 503 g/mol. The van der Waals surface area contributed by atoms with Gasteiger partial charge in [-0.25, -0.2) is 0 Å². The third-order valence-corrected chi connectivity index (χ3v) is 6.74. The van der Waals surface area contributed by atoms with Crippen LogP contribution in [0.25, 0.3) is 0 Å². The summed E-state index contributed by atoms with van der Waals surface area (Å²) in [7, 11) is 2.01. The molecule has 0 atom stereocenters. The topological polar surface area (TPSA) is 99.0 Å². The molecule has 0 amide bonds. The van der Waals surface area contributed by atoms with Gasteiger partial charge in [0.15, 0.2) is 0 Å². The van der Waals surface area contributed by atoms with E-state index < -0.39 is 10.8 Å². The number of hydrazine groups is 1. The molecule has 1 aromatic heterocycles. The van der Waals surface area contributed by atoms with Gasteiger partial charge in [-0.05, 0) is 47.0 Å². The van der Waals surface area contributed by atoms with E-state index in [-0.39, 0.29) is 16.0 Å². The maximum Gasteiger partial charge on any atom is 0.272 e. The fourth-order valence-corrected chi connectivity index (χ4v) is 4.41. The Morgan fingerprint density at radius 3 is 1.71 bits per heavy atom. The van der Waals surface area contributed by atoms with Crippen molar-refractivity contribution >= 4 is 15.9 Å². The van der Waals surface area contributed by atoms with Crippen LogP contribution < -0.4 is 11.3 Å². The second kappa shape index (κ2) is 10.5. The molecule has 1 aromatic rings. The molecule has 0 bridgehead atoms. The van der Waals surface area contributed by atoms with Crippen LogP contribution in [-0.2, 0) is 7.05 Å². The number of allylic oxidation sites excluding steroid dienone is 2. The minimum Gasteiger partial charge on any atom is -0.322 e. The lowest BCUT2D eigenvalue weighted by Crippen LogP contribution is -2.41. The fraction of sp³-hybridized carbons (Fsp3) is 0.783. The van der Waals surface area contributed by atoms with Crippen LogP contribution in [0.15, 0.2) is 15.9 Å². The van der Waals surface area contributed by atoms with E-state index in [9.17, 15) is 10.1 Å². The number of halogens is 1. The van der Waals surface area contributed by atoms with Crippen LogP contribution in [-0.4, -0.2) is 14.7 Å². The minimum atomic E-state index is -0.606. The predicted octanol–water partition coefficient (Wildman–Crippen LogP) is 6.49. The van der Waals surface area contributed by atoms with Crippen molar-refractivity contribution in [1.82, 2.24) is 15.2 Å². The van der Waals surface area contributed by atoms with Gasteiger partial charge in [0.05, 0.1) is 26.2 Å². The van der Waals surface area contributed by atoms with E-state index in [2.05, 4.69) is 54.1 Å². The van der Waals surface area contributed by atoms with Crippen molar-refractivity contribution in [3.05, 3.63) is 37.4 Å². The van der Waals surface area contributed by atoms with E-state index in [0.29, 0.717) is 17.5 Å². The largest absolute Gasteiger partial charge is 0.322 e. The van der Waals surface area contributed by atoms with Gasteiger partial charge in [-0.15, -0.1) is 0 Å². The smallest absolute Gasteiger partial charge is 0.272 e. The zero-order chi connectivity index (χ0) is 25.1. The normalized spacial score (nSPS) is 13.7. The summed E-state index contributed by atoms with van der Waals surface area (Å²) in [6, 6.07) is 0. The Hall–Kier alpha value is -1.41. The second-order valence-corrected chi connectivity index (χ2v) is 12.1. The van der Waals surface area contributed by atoms with Gasteiger partial charge in [-0.3, -0.25) is 20.6 Å². The number of hydrogen-bond acceptors (Lipinski definition) is 5. The lowest BCUT2D eigenvalue weighted by molar-refractivity contribution is -0.446. The molecule has 0 fully saturated rings. The Morgan fingerprint density at radius 1 is 1.06 bits per heavy atom. The van der Waals surface area contributed by atoms with Crippen molar-refractivity contribution in [2.45, 2.75) is 94.9 Å². The lowest BCUT2D eigenvalue weighted by atomic mass is 9.65. The summed E-state index contributed by atoms with van der Waals surface area (Å²) in [5.41, 5.74) is 4.36. The molecule has 1 rings (SSSR count). The van der Waals surface area contributed by atoms with Crippen molar-refractivity contribution < 1.29 is 4.92 Å². The van der Waals surface area contributed by atoms with Gasteiger partial charge < -0.3 is 5.43 Å². The summed E-state index contributed by atoms with van der Waals surface area (Å²) in [6.07, 6.45) is 0. The van der Waals surface area contributed by atoms with Gasteiger partial charge in [-0.2, -0.15) is 5.10 Å². The van der Waals surface area contributed by atoms with E-state index in [1.54, 1.807) is 0 Å². The quantitative estimate of drug-likeness (QED) is 0.273. The highest BCUT2D eigenvalue weighted by Gasteiger charge is 2.47. The summed E-state index contributed by atoms with van der Waals surface area (Å²) in [5.74, 6) is 6.52. The number of hydrogen-bond donors (Lipinski definition) is 2. The van der Waals surface area contributed by atoms with Gasteiger partial charge >= 0.3 is 0 Å². The van der Waals surface area contributed by atoms with Crippen molar-refractivity contribution in [2.24, 2.45) is 29.1 Å². The molecule has 31 heavy (non-hydrogen) atoms. The molecule has 180 valence electrons. The fourth-order valence-electron chi connectivity index (χ4n) is 3.16. The third kappa shape index (κ3) is 7.04. The van der Waals surface area contributed by atoms with Gasteiger partial charge in [0.1, 0.15) is 5.70 Å². The van der Waals surface area contributed by atoms with E-state index in [1.807, 2.05) is 67.1 Å². The second-order valence-electron chi connectivity index (χ2n) is 11.3. The van der Waals surface area contributed by atoms with Crippen LogP contribution in [0.5, 0.6) is 0 Å². The van der Waals surface area contributed by atoms with Crippen LogP contribution in [0.3, 0.4) is 0 Å². The Labute approximate surface area is 197 Å². The van der Waals surface area contributed by atoms with Gasteiger partial charge in [0.2, 0.25) is 0 Å². The Bertz CT molecular complexity index is 794. The SMILES string of the molecule is CC(C)(C)/C(NN)=C(\[N+](=O)[O-])C(C)(C)C(C)(C)C.CC(C)c1nn(C)c(C(C)C)c1Br. The molecule has 0 aliphatic heterocycles. The highest BCUT2D eigenvalue weighted by atomic mass is 79.9. The Kier molecular flexibility index (Phi) is 9.99. The number of aryl methyl sites for hydroxylation is 1. The maximum atomic E-state index is 11.5. The Balaban J connectivity index is 0.000000609. The molecule has 1 heterocycles. The van der Waals surface area contributed by atoms with Gasteiger partial charge in [-0.1, -0.05) is 69.2 Å². The molecule has 7 nitrogen and oxygen atoms in total. The zero-order valence-electron chi connectivity index (χ0n) is 21.8. The molecule has 0 spiro atoms. The number of nitrogens with zero attached hydrogens (tertiary/aromatic N) is 3. The van der Waals surface area contributed by atoms with Crippen LogP contribution in [0.2, 0.25) is 0 Å². The van der Waals surface area contributed by atoms with E-state index in [0.717, 1.165) is 5.69 Å². The standard InChI is InChI=1S/C13H27N3O2.C10H17BrN2/c1-11(2,3)9(15-14)10(16(17)18)13(7,8)12(4,5)6;1-6(2)9-8(11)10(7(3)4)13(5)12-9/h15H,14H2,1-8H3;6-7H,1-5H3/b10-9+;. The Morgan fingerprint density at radius 2 is 1.52 bits per heavy atom. The first-order valence-electron chi connectivity index (χ1n) is 10.8. The van der Waals surface area contributed by atoms with Crippen LogP contribution >= 0.6 is 15.9 Å². The van der Waals surface area contributed by atoms with Crippen LogP contribution in [0.1, 0.15) is 106 Å². The number of aromatic nitrogens is 2. The molecule has 0 unspecified atom stereocenters. The number of rotatable bonds is 5. The highest BCUT2D eigenvalue weighted by Crippen LogP contribution is 2.46. The first-order valence-corrected chi connectivity index (χ1v) is 11.6.